The fraction of sp³-hybridized carbons (Fsp3) is 0.0943. The molecule has 0 N–H and O–H groups in total. The van der Waals surface area contributed by atoms with Crippen LogP contribution in [0.25, 0.3) is 71.8 Å². The van der Waals surface area contributed by atoms with Gasteiger partial charge in [-0.1, -0.05) is 137 Å². The lowest BCUT2D eigenvalue weighted by Crippen LogP contribution is -2.15. The number of fused-ring (bicyclic) bond motifs is 10. The van der Waals surface area contributed by atoms with Crippen LogP contribution in [0.3, 0.4) is 0 Å². The highest BCUT2D eigenvalue weighted by atomic mass is 16.3. The van der Waals surface area contributed by atoms with E-state index in [1.165, 1.54) is 33.0 Å². The third-order valence-corrected chi connectivity index (χ3v) is 11.6. The van der Waals surface area contributed by atoms with E-state index in [1.54, 1.807) is 0 Å². The highest BCUT2D eigenvalue weighted by molar-refractivity contribution is 6.21. The SMILES string of the molecule is C=C(/C=C(\N=C(CC)C1=CC=CC=C=C1)c1ccc(-n2c3ccccc3c3ccc4c5ccccc5oc4c32)cc1)c1ccc2c(c1)C(C)(C)c1ccccc1-2. The van der Waals surface area contributed by atoms with Crippen LogP contribution in [-0.2, 0) is 5.41 Å². The van der Waals surface area contributed by atoms with Crippen LogP contribution >= 0.6 is 0 Å². The average Bonchev–Trinajstić information content (AvgIpc) is 3.75. The van der Waals surface area contributed by atoms with Gasteiger partial charge in [0.1, 0.15) is 5.58 Å². The van der Waals surface area contributed by atoms with Crippen LogP contribution in [0.5, 0.6) is 0 Å². The van der Waals surface area contributed by atoms with E-state index in [1.807, 2.05) is 36.4 Å². The molecular weight excluding hydrogens is 681 g/mol. The fourth-order valence-corrected chi connectivity index (χ4v) is 8.74. The molecule has 0 unspecified atom stereocenters. The Morgan fingerprint density at radius 1 is 0.750 bits per heavy atom. The number of aliphatic imine (C=N–C) groups is 1. The van der Waals surface area contributed by atoms with Crippen LogP contribution in [0, 0.1) is 0 Å². The summed E-state index contributed by atoms with van der Waals surface area (Å²) in [4.78, 5) is 5.39. The van der Waals surface area contributed by atoms with Gasteiger partial charge < -0.3 is 8.98 Å². The molecule has 2 aromatic heterocycles. The molecule has 0 amide bonds. The molecule has 3 nitrogen and oxygen atoms in total. The molecule has 6 aromatic carbocycles. The molecule has 0 fully saturated rings. The predicted octanol–water partition coefficient (Wildman–Crippen LogP) is 14.1. The van der Waals surface area contributed by atoms with Gasteiger partial charge in [-0.15, -0.1) is 5.73 Å². The smallest absolute Gasteiger partial charge is 0.160 e. The molecule has 0 saturated carbocycles. The Morgan fingerprint density at radius 3 is 2.34 bits per heavy atom. The highest BCUT2D eigenvalue weighted by Crippen LogP contribution is 2.49. The monoisotopic (exact) mass is 720 g/mol. The van der Waals surface area contributed by atoms with E-state index in [4.69, 9.17) is 9.41 Å². The van der Waals surface area contributed by atoms with Crippen LogP contribution < -0.4 is 0 Å². The molecule has 10 rings (SSSR count). The lowest BCUT2D eigenvalue weighted by molar-refractivity contribution is 0.660. The Kier molecular flexibility index (Phi) is 7.88. The number of benzene rings is 6. The van der Waals surface area contributed by atoms with Crippen LogP contribution in [0.2, 0.25) is 0 Å². The molecule has 2 aliphatic carbocycles. The number of nitrogens with zero attached hydrogens (tertiary/aromatic N) is 2. The van der Waals surface area contributed by atoms with Crippen molar-refractivity contribution < 1.29 is 4.42 Å². The van der Waals surface area contributed by atoms with Crippen molar-refractivity contribution in [3.8, 4) is 16.8 Å². The second-order valence-electron chi connectivity index (χ2n) is 15.2. The Balaban J connectivity index is 1.11. The molecule has 0 spiro atoms. The summed E-state index contributed by atoms with van der Waals surface area (Å²) in [6.45, 7) is 11.4. The summed E-state index contributed by atoms with van der Waals surface area (Å²) in [6.07, 6.45) is 13.0. The summed E-state index contributed by atoms with van der Waals surface area (Å²) in [6, 6.07) is 45.6. The minimum Gasteiger partial charge on any atom is -0.454 e. The molecule has 0 atom stereocenters. The minimum atomic E-state index is -0.0990. The first-order valence-corrected chi connectivity index (χ1v) is 19.4. The van der Waals surface area contributed by atoms with E-state index in [0.29, 0.717) is 0 Å². The number of furan rings is 1. The van der Waals surface area contributed by atoms with Gasteiger partial charge in [-0.25, -0.2) is 0 Å². The molecule has 0 bridgehead atoms. The van der Waals surface area contributed by atoms with Gasteiger partial charge in [-0.2, -0.15) is 0 Å². The number of aromatic nitrogens is 1. The van der Waals surface area contributed by atoms with E-state index in [9.17, 15) is 0 Å². The van der Waals surface area contributed by atoms with Crippen molar-refractivity contribution in [2.24, 2.45) is 4.99 Å². The first kappa shape index (κ1) is 33.6. The Morgan fingerprint density at radius 2 is 1.48 bits per heavy atom. The molecule has 0 saturated heterocycles. The van der Waals surface area contributed by atoms with Crippen molar-refractivity contribution in [2.75, 3.05) is 0 Å². The number of hydrogen-bond acceptors (Lipinski definition) is 2. The third kappa shape index (κ3) is 5.32. The number of para-hydroxylation sites is 2. The van der Waals surface area contributed by atoms with Gasteiger partial charge in [-0.05, 0) is 94.4 Å². The normalized spacial score (nSPS) is 14.8. The fourth-order valence-electron chi connectivity index (χ4n) is 8.74. The standard InChI is InChI=1S/C53H40N2O/c1-5-47(35-16-8-6-7-9-17-35)54-48(32-34(2)37-26-29-40-39-18-10-13-21-45(39)53(3,4)46(40)33-37)36-24-27-38(28-25-36)55-49-22-14-11-19-41(49)43-30-31-44-42-20-12-15-23-50(42)56-52(44)51(43)55/h6-8,10-33H,2,5H2,1,3-4H3/b48-32-,54-47?. The zero-order chi connectivity index (χ0) is 38.0. The van der Waals surface area contributed by atoms with Gasteiger partial charge in [0.25, 0.3) is 0 Å². The summed E-state index contributed by atoms with van der Waals surface area (Å²) in [5.41, 5.74) is 19.4. The van der Waals surface area contributed by atoms with E-state index >= 15 is 0 Å². The lowest BCUT2D eigenvalue weighted by Gasteiger charge is -2.22. The Hall–Kier alpha value is -6.93. The first-order valence-electron chi connectivity index (χ1n) is 19.4. The van der Waals surface area contributed by atoms with E-state index in [-0.39, 0.29) is 5.41 Å². The average molecular weight is 721 g/mol. The predicted molar refractivity (Wildman–Crippen MR) is 237 cm³/mol. The second-order valence-corrected chi connectivity index (χ2v) is 15.2. The van der Waals surface area contributed by atoms with Crippen molar-refractivity contribution in [1.29, 1.82) is 0 Å². The van der Waals surface area contributed by atoms with E-state index < -0.39 is 0 Å². The van der Waals surface area contributed by atoms with E-state index in [0.717, 1.165) is 78.8 Å². The third-order valence-electron chi connectivity index (χ3n) is 11.6. The van der Waals surface area contributed by atoms with Crippen LogP contribution in [0.15, 0.2) is 191 Å². The maximum atomic E-state index is 6.61. The molecule has 56 heavy (non-hydrogen) atoms. The largest absolute Gasteiger partial charge is 0.454 e. The Labute approximate surface area is 326 Å². The van der Waals surface area contributed by atoms with Gasteiger partial charge in [0, 0.05) is 49.5 Å². The number of hydrogen-bond donors (Lipinski definition) is 0. The summed E-state index contributed by atoms with van der Waals surface area (Å²) in [5.74, 6) is 0. The quantitative estimate of drug-likeness (QED) is 0.0916. The second kappa shape index (κ2) is 13.1. The summed E-state index contributed by atoms with van der Waals surface area (Å²) in [5, 5.41) is 4.59. The summed E-state index contributed by atoms with van der Waals surface area (Å²) < 4.78 is 8.95. The zero-order valence-corrected chi connectivity index (χ0v) is 31.8. The molecule has 2 heterocycles. The van der Waals surface area contributed by atoms with Crippen molar-refractivity contribution in [3.05, 3.63) is 204 Å². The minimum absolute atomic E-state index is 0.0990. The van der Waals surface area contributed by atoms with Gasteiger partial charge >= 0.3 is 0 Å². The lowest BCUT2D eigenvalue weighted by atomic mass is 9.81. The zero-order valence-electron chi connectivity index (χ0n) is 31.8. The van der Waals surface area contributed by atoms with Crippen LogP contribution in [0.1, 0.15) is 49.4 Å². The van der Waals surface area contributed by atoms with Gasteiger partial charge in [0.2, 0.25) is 0 Å². The van der Waals surface area contributed by atoms with Crippen molar-refractivity contribution >= 4 is 60.7 Å². The molecule has 8 aromatic rings. The topological polar surface area (TPSA) is 30.4 Å². The maximum absolute atomic E-state index is 6.61. The van der Waals surface area contributed by atoms with Crippen LogP contribution in [0.4, 0.5) is 0 Å². The van der Waals surface area contributed by atoms with Crippen molar-refractivity contribution in [3.63, 3.8) is 0 Å². The molecule has 0 radical (unpaired) electrons. The number of rotatable bonds is 7. The molecule has 268 valence electrons. The number of allylic oxidation sites excluding steroid dienone is 7. The summed E-state index contributed by atoms with van der Waals surface area (Å²) in [7, 11) is 0. The molecular formula is C53H40N2O. The molecule has 0 aliphatic heterocycles. The first-order chi connectivity index (χ1) is 27.4. The van der Waals surface area contributed by atoms with Crippen molar-refractivity contribution in [2.45, 2.75) is 32.6 Å². The molecule has 3 heteroatoms. The highest BCUT2D eigenvalue weighted by Gasteiger charge is 2.35. The maximum Gasteiger partial charge on any atom is 0.160 e. The van der Waals surface area contributed by atoms with E-state index in [2.05, 4.69) is 165 Å². The van der Waals surface area contributed by atoms with Gasteiger partial charge in [0.05, 0.1) is 16.7 Å². The molecule has 2 aliphatic rings. The van der Waals surface area contributed by atoms with Gasteiger partial charge in [-0.3, -0.25) is 4.99 Å². The van der Waals surface area contributed by atoms with Crippen molar-refractivity contribution in [1.82, 2.24) is 4.57 Å². The summed E-state index contributed by atoms with van der Waals surface area (Å²) >= 11 is 0. The Bertz CT molecular complexity index is 3130. The van der Waals surface area contributed by atoms with Crippen LogP contribution in [-0.4, -0.2) is 10.3 Å². The van der Waals surface area contributed by atoms with Gasteiger partial charge in [0.15, 0.2) is 5.58 Å².